The van der Waals surface area contributed by atoms with Gasteiger partial charge in [-0.25, -0.2) is 9.78 Å². The standard InChI is InChI=1S/C34H36N8O5S/c35-23(16-21-18-39-24-10-5-4-9-22(21)24)30(44)41-27(15-19-7-2-1-3-8-19)31(45)40-26(11-6-14-38-34(36)37)29(43)32-42-25-13-12-20(33(46)47)17-28(25)48-32/h1-5,7-10,12-13,17-18,23,26-27,39H,6,11,14-16,35H2,(H,40,45)(H,41,44)(H,46,47)(H4,36,37,38)/t23-,26+,27+/m1/s1. The lowest BCUT2D eigenvalue weighted by Crippen LogP contribution is -2.55. The average Bonchev–Trinajstić information content (AvgIpc) is 3.69. The second-order valence-corrected chi connectivity index (χ2v) is 12.3. The van der Waals surface area contributed by atoms with Crippen LogP contribution >= 0.6 is 11.3 Å². The minimum absolute atomic E-state index is 0.0645. The number of H-pyrrole nitrogens is 1. The van der Waals surface area contributed by atoms with Gasteiger partial charge in [-0.15, -0.1) is 11.3 Å². The highest BCUT2D eigenvalue weighted by Gasteiger charge is 2.30. The van der Waals surface area contributed by atoms with Crippen molar-refractivity contribution >= 4 is 62.0 Å². The Morgan fingerprint density at radius 1 is 0.917 bits per heavy atom. The molecule has 0 aliphatic heterocycles. The fourth-order valence-electron chi connectivity index (χ4n) is 5.32. The molecule has 0 unspecified atom stereocenters. The van der Waals surface area contributed by atoms with Crippen LogP contribution in [-0.2, 0) is 22.4 Å². The number of amides is 2. The molecule has 3 atom stereocenters. The van der Waals surface area contributed by atoms with Crippen LogP contribution in [0.15, 0.2) is 84.0 Å². The lowest BCUT2D eigenvalue weighted by Gasteiger charge is -2.24. The predicted octanol–water partition coefficient (Wildman–Crippen LogP) is 2.49. The molecule has 0 fully saturated rings. The molecule has 3 aromatic carbocycles. The number of aromatic amines is 1. The van der Waals surface area contributed by atoms with Crippen molar-refractivity contribution in [2.45, 2.75) is 43.8 Å². The number of benzene rings is 3. The molecule has 10 N–H and O–H groups in total. The lowest BCUT2D eigenvalue weighted by molar-refractivity contribution is -0.129. The third-order valence-electron chi connectivity index (χ3n) is 7.79. The van der Waals surface area contributed by atoms with Crippen molar-refractivity contribution in [3.8, 4) is 0 Å². The van der Waals surface area contributed by atoms with Gasteiger partial charge < -0.3 is 37.9 Å². The fraction of sp³-hybridized carbons (Fsp3) is 0.235. The number of Topliss-reactive ketones (excluding diaryl/α,β-unsaturated/α-hetero) is 1. The molecule has 2 heterocycles. The molecule has 0 bridgehead atoms. The van der Waals surface area contributed by atoms with Crippen LogP contribution in [0.2, 0.25) is 0 Å². The number of aromatic nitrogens is 2. The highest BCUT2D eigenvalue weighted by atomic mass is 32.1. The number of thiazole rings is 1. The molecule has 5 rings (SSSR count). The monoisotopic (exact) mass is 668 g/mol. The van der Waals surface area contributed by atoms with E-state index in [1.165, 1.54) is 18.2 Å². The third-order valence-corrected chi connectivity index (χ3v) is 8.82. The number of ketones is 1. The average molecular weight is 669 g/mol. The van der Waals surface area contributed by atoms with E-state index in [4.69, 9.17) is 17.2 Å². The molecule has 0 aliphatic rings. The van der Waals surface area contributed by atoms with E-state index >= 15 is 0 Å². The Labute approximate surface area is 279 Å². The van der Waals surface area contributed by atoms with E-state index in [1.807, 2.05) is 60.8 Å². The topological polar surface area (TPSA) is 232 Å². The maximum Gasteiger partial charge on any atom is 0.335 e. The van der Waals surface area contributed by atoms with Crippen molar-refractivity contribution in [1.29, 1.82) is 0 Å². The van der Waals surface area contributed by atoms with Crippen LogP contribution in [-0.4, -0.2) is 69.3 Å². The summed E-state index contributed by atoms with van der Waals surface area (Å²) >= 11 is 1.03. The first kappa shape index (κ1) is 33.8. The normalized spacial score (nSPS) is 13.0. The van der Waals surface area contributed by atoms with E-state index in [9.17, 15) is 24.3 Å². The molecule has 13 nitrogen and oxygen atoms in total. The Bertz CT molecular complexity index is 1970. The van der Waals surface area contributed by atoms with Crippen LogP contribution in [0.5, 0.6) is 0 Å². The number of aliphatic imine (C=N–C) groups is 1. The second-order valence-electron chi connectivity index (χ2n) is 11.3. The molecule has 14 heteroatoms. The first-order chi connectivity index (χ1) is 23.1. The molecular weight excluding hydrogens is 632 g/mol. The van der Waals surface area contributed by atoms with Crippen molar-refractivity contribution in [2.75, 3.05) is 6.54 Å². The molecular formula is C34H36N8O5S. The van der Waals surface area contributed by atoms with E-state index in [-0.39, 0.29) is 42.3 Å². The molecule has 2 amide bonds. The number of nitrogens with zero attached hydrogens (tertiary/aromatic N) is 2. The van der Waals surface area contributed by atoms with Gasteiger partial charge in [0.1, 0.15) is 6.04 Å². The predicted molar refractivity (Wildman–Crippen MR) is 185 cm³/mol. The molecule has 0 radical (unpaired) electrons. The molecule has 5 aromatic rings. The number of guanidine groups is 1. The van der Waals surface area contributed by atoms with Gasteiger partial charge >= 0.3 is 5.97 Å². The van der Waals surface area contributed by atoms with Crippen LogP contribution in [0.3, 0.4) is 0 Å². The van der Waals surface area contributed by atoms with Crippen LogP contribution in [0, 0.1) is 0 Å². The highest BCUT2D eigenvalue weighted by molar-refractivity contribution is 7.20. The Balaban J connectivity index is 1.36. The Morgan fingerprint density at radius 3 is 2.40 bits per heavy atom. The molecule has 0 saturated heterocycles. The van der Waals surface area contributed by atoms with Gasteiger partial charge in [0.05, 0.1) is 27.9 Å². The summed E-state index contributed by atoms with van der Waals surface area (Å²) in [6, 6.07) is 18.2. The minimum Gasteiger partial charge on any atom is -0.478 e. The molecule has 2 aromatic heterocycles. The molecule has 0 spiro atoms. The molecule has 248 valence electrons. The zero-order valence-electron chi connectivity index (χ0n) is 25.9. The van der Waals surface area contributed by atoms with Crippen molar-refractivity contribution in [2.24, 2.45) is 22.2 Å². The van der Waals surface area contributed by atoms with Gasteiger partial charge in [0.15, 0.2) is 11.0 Å². The first-order valence-corrected chi connectivity index (χ1v) is 16.1. The highest BCUT2D eigenvalue weighted by Crippen LogP contribution is 2.25. The van der Waals surface area contributed by atoms with Crippen molar-refractivity contribution in [3.05, 3.63) is 101 Å². The number of carbonyl (C=O) groups excluding carboxylic acids is 3. The number of hydrogen-bond acceptors (Lipinski definition) is 8. The van der Waals surface area contributed by atoms with Gasteiger partial charge in [-0.3, -0.25) is 19.4 Å². The number of fused-ring (bicyclic) bond motifs is 2. The van der Waals surface area contributed by atoms with Crippen LogP contribution in [0.1, 0.15) is 44.1 Å². The van der Waals surface area contributed by atoms with Gasteiger partial charge in [0.2, 0.25) is 17.6 Å². The van der Waals surface area contributed by atoms with Crippen molar-refractivity contribution in [1.82, 2.24) is 20.6 Å². The molecule has 0 aliphatic carbocycles. The van der Waals surface area contributed by atoms with Gasteiger partial charge in [-0.2, -0.15) is 0 Å². The lowest BCUT2D eigenvalue weighted by atomic mass is 10.0. The van der Waals surface area contributed by atoms with E-state index in [0.717, 1.165) is 33.4 Å². The number of para-hydroxylation sites is 1. The summed E-state index contributed by atoms with van der Waals surface area (Å²) in [7, 11) is 0. The number of carboxylic acid groups (broad SMARTS) is 1. The Hall–Kier alpha value is -5.60. The summed E-state index contributed by atoms with van der Waals surface area (Å²) in [4.78, 5) is 64.2. The summed E-state index contributed by atoms with van der Waals surface area (Å²) in [6.45, 7) is 0.219. The number of hydrogen-bond donors (Lipinski definition) is 7. The van der Waals surface area contributed by atoms with Gasteiger partial charge in [-0.1, -0.05) is 48.5 Å². The van der Waals surface area contributed by atoms with E-state index in [1.54, 1.807) is 0 Å². The quantitative estimate of drug-likeness (QED) is 0.0375. The third kappa shape index (κ3) is 8.40. The second kappa shape index (κ2) is 15.3. The Kier molecular flexibility index (Phi) is 10.8. The number of carbonyl (C=O) groups is 4. The van der Waals surface area contributed by atoms with E-state index in [0.29, 0.717) is 16.6 Å². The SMILES string of the molecule is NC(N)=NCCC[C@H](NC(=O)[C@H](Cc1ccccc1)NC(=O)[C@H](N)Cc1c[nH]c2ccccc12)C(=O)c1nc2ccc(C(=O)O)cc2s1. The minimum atomic E-state index is -1.10. The molecule has 48 heavy (non-hydrogen) atoms. The maximum absolute atomic E-state index is 13.9. The Morgan fingerprint density at radius 2 is 1.65 bits per heavy atom. The van der Waals surface area contributed by atoms with Crippen molar-refractivity contribution in [3.63, 3.8) is 0 Å². The van der Waals surface area contributed by atoms with E-state index in [2.05, 4.69) is 25.6 Å². The van der Waals surface area contributed by atoms with Crippen LogP contribution in [0.25, 0.3) is 21.1 Å². The van der Waals surface area contributed by atoms with Gasteiger partial charge in [-0.05, 0) is 54.7 Å². The van der Waals surface area contributed by atoms with Gasteiger partial charge in [0.25, 0.3) is 0 Å². The summed E-state index contributed by atoms with van der Waals surface area (Å²) in [6.07, 6.45) is 2.72. The molecule has 0 saturated carbocycles. The number of aromatic carboxylic acids is 1. The number of rotatable bonds is 15. The van der Waals surface area contributed by atoms with Crippen LogP contribution in [0.4, 0.5) is 0 Å². The summed E-state index contributed by atoms with van der Waals surface area (Å²) < 4.78 is 0.516. The summed E-state index contributed by atoms with van der Waals surface area (Å²) in [5.41, 5.74) is 20.4. The van der Waals surface area contributed by atoms with E-state index < -0.39 is 41.7 Å². The zero-order chi connectivity index (χ0) is 34.2. The number of nitrogens with one attached hydrogen (secondary N) is 3. The number of carboxylic acids is 1. The first-order valence-electron chi connectivity index (χ1n) is 15.3. The number of nitrogens with two attached hydrogens (primary N) is 3. The maximum atomic E-state index is 13.9. The summed E-state index contributed by atoms with van der Waals surface area (Å²) in [5.74, 6) is -2.77. The zero-order valence-corrected chi connectivity index (χ0v) is 26.7. The van der Waals surface area contributed by atoms with Crippen LogP contribution < -0.4 is 27.8 Å². The van der Waals surface area contributed by atoms with Crippen molar-refractivity contribution < 1.29 is 24.3 Å². The smallest absolute Gasteiger partial charge is 0.335 e. The fourth-order valence-corrected chi connectivity index (χ4v) is 6.32. The summed E-state index contributed by atoms with van der Waals surface area (Å²) in [5, 5.41) is 16.1. The largest absolute Gasteiger partial charge is 0.478 e. The van der Waals surface area contributed by atoms with Gasteiger partial charge in [0, 0.05) is 30.1 Å².